The van der Waals surface area contributed by atoms with E-state index in [-0.39, 0.29) is 24.9 Å². The molecule has 1 aliphatic heterocycles. The summed E-state index contributed by atoms with van der Waals surface area (Å²) in [5.41, 5.74) is -1.16. The first-order valence-corrected chi connectivity index (χ1v) is 11.4. The molecular formula is C24H25ClN4O6. The lowest BCUT2D eigenvalue weighted by Crippen LogP contribution is -2.46. The van der Waals surface area contributed by atoms with E-state index in [0.29, 0.717) is 28.7 Å². The molecule has 1 N–H and O–H groups in total. The van der Waals surface area contributed by atoms with Crippen molar-refractivity contribution in [3.05, 3.63) is 79.6 Å². The summed E-state index contributed by atoms with van der Waals surface area (Å²) in [5, 5.41) is 7.22. The zero-order valence-corrected chi connectivity index (χ0v) is 20.1. The Morgan fingerprint density at radius 2 is 1.94 bits per heavy atom. The third-order valence-electron chi connectivity index (χ3n) is 5.69. The van der Waals surface area contributed by atoms with Crippen molar-refractivity contribution in [2.75, 3.05) is 27.4 Å². The fraction of sp³-hybridized carbons (Fsp3) is 0.333. The maximum Gasteiger partial charge on any atom is 0.352 e. The maximum absolute atomic E-state index is 13.4. The third kappa shape index (κ3) is 5.23. The number of aromatic nitrogens is 3. The van der Waals surface area contributed by atoms with Gasteiger partial charge in [0.2, 0.25) is 5.69 Å². The van der Waals surface area contributed by atoms with Crippen molar-refractivity contribution in [1.82, 2.24) is 19.7 Å². The van der Waals surface area contributed by atoms with Gasteiger partial charge in [0, 0.05) is 24.2 Å². The molecule has 2 aromatic carbocycles. The Labute approximate surface area is 206 Å². The van der Waals surface area contributed by atoms with Crippen molar-refractivity contribution in [2.24, 2.45) is 0 Å². The number of ether oxygens (including phenoxy) is 3. The minimum Gasteiger partial charge on any atom is -0.493 e. The Morgan fingerprint density at radius 1 is 1.17 bits per heavy atom. The van der Waals surface area contributed by atoms with Crippen molar-refractivity contribution in [1.29, 1.82) is 0 Å². The Hall–Kier alpha value is -3.63. The van der Waals surface area contributed by atoms with Crippen LogP contribution < -0.4 is 26.0 Å². The maximum atomic E-state index is 13.4. The second-order valence-electron chi connectivity index (χ2n) is 7.91. The number of hydrogen-bond acceptors (Lipinski definition) is 7. The molecular weight excluding hydrogens is 476 g/mol. The molecule has 35 heavy (non-hydrogen) atoms. The molecule has 3 aromatic rings. The molecule has 2 heterocycles. The van der Waals surface area contributed by atoms with E-state index in [1.54, 1.807) is 36.4 Å². The smallest absolute Gasteiger partial charge is 0.352 e. The molecule has 11 heteroatoms. The lowest BCUT2D eigenvalue weighted by atomic mass is 10.2. The predicted octanol–water partition coefficient (Wildman–Crippen LogP) is 2.02. The van der Waals surface area contributed by atoms with Crippen LogP contribution >= 0.6 is 11.6 Å². The van der Waals surface area contributed by atoms with Gasteiger partial charge in [-0.2, -0.15) is 9.78 Å². The molecule has 4 rings (SSSR count). The number of nitrogens with zero attached hydrogens (tertiary/aromatic N) is 3. The van der Waals surface area contributed by atoms with E-state index >= 15 is 0 Å². The van der Waals surface area contributed by atoms with Crippen LogP contribution in [0.4, 0.5) is 0 Å². The Balaban J connectivity index is 1.81. The molecule has 1 saturated heterocycles. The Bertz CT molecular complexity index is 1350. The monoisotopic (exact) mass is 500 g/mol. The fourth-order valence-electron chi connectivity index (χ4n) is 3.81. The van der Waals surface area contributed by atoms with Crippen molar-refractivity contribution in [2.45, 2.75) is 25.5 Å². The Kier molecular flexibility index (Phi) is 7.52. The zero-order chi connectivity index (χ0) is 24.9. The lowest BCUT2D eigenvalue weighted by Gasteiger charge is -2.15. The number of benzene rings is 2. The van der Waals surface area contributed by atoms with Gasteiger partial charge in [-0.25, -0.2) is 4.79 Å². The van der Waals surface area contributed by atoms with Crippen LogP contribution in [0.25, 0.3) is 5.69 Å². The highest BCUT2D eigenvalue weighted by molar-refractivity contribution is 6.31. The lowest BCUT2D eigenvalue weighted by molar-refractivity contribution is 0.0849. The van der Waals surface area contributed by atoms with E-state index in [0.717, 1.165) is 22.1 Å². The molecule has 1 atom stereocenters. The summed E-state index contributed by atoms with van der Waals surface area (Å²) >= 11 is 6.27. The van der Waals surface area contributed by atoms with E-state index in [1.807, 2.05) is 0 Å². The van der Waals surface area contributed by atoms with Crippen LogP contribution in [0.3, 0.4) is 0 Å². The van der Waals surface area contributed by atoms with Gasteiger partial charge < -0.3 is 19.5 Å². The number of halogens is 1. The summed E-state index contributed by atoms with van der Waals surface area (Å²) in [7, 11) is 2.95. The average molecular weight is 501 g/mol. The summed E-state index contributed by atoms with van der Waals surface area (Å²) in [6, 6.07) is 11.6. The van der Waals surface area contributed by atoms with Gasteiger partial charge >= 0.3 is 5.69 Å². The predicted molar refractivity (Wildman–Crippen MR) is 129 cm³/mol. The van der Waals surface area contributed by atoms with Crippen LogP contribution in [0.5, 0.6) is 11.5 Å². The molecule has 1 amide bonds. The first-order chi connectivity index (χ1) is 16.9. The standard InChI is InChI=1S/C24H25ClN4O6/c1-33-19-10-9-16(12-20(19)34-2)29-24(32)28(14-15-6-3-4-8-18(15)25)23(31)21(27-29)22(30)26-13-17-7-5-11-35-17/h3-4,6,8-10,12,17H,5,7,11,13-14H2,1-2H3,(H,26,30)/t17-/m1/s1. The van der Waals surface area contributed by atoms with Gasteiger partial charge in [-0.05, 0) is 36.6 Å². The quantitative estimate of drug-likeness (QED) is 0.503. The summed E-state index contributed by atoms with van der Waals surface area (Å²) < 4.78 is 18.0. The van der Waals surface area contributed by atoms with Crippen LogP contribution in [0.1, 0.15) is 28.9 Å². The second-order valence-corrected chi connectivity index (χ2v) is 8.32. The van der Waals surface area contributed by atoms with Crippen LogP contribution in [0, 0.1) is 0 Å². The number of rotatable bonds is 8. The molecule has 1 aliphatic rings. The molecule has 0 unspecified atom stereocenters. The van der Waals surface area contributed by atoms with Crippen molar-refractivity contribution < 1.29 is 19.0 Å². The topological polar surface area (TPSA) is 114 Å². The van der Waals surface area contributed by atoms with Gasteiger partial charge in [-0.3, -0.25) is 14.2 Å². The van der Waals surface area contributed by atoms with E-state index in [9.17, 15) is 14.4 Å². The van der Waals surface area contributed by atoms with Gasteiger partial charge in [0.05, 0.1) is 32.6 Å². The molecule has 0 aliphatic carbocycles. The zero-order valence-electron chi connectivity index (χ0n) is 19.3. The molecule has 0 radical (unpaired) electrons. The summed E-state index contributed by atoms with van der Waals surface area (Å²) in [5.74, 6) is 0.0998. The Morgan fingerprint density at radius 3 is 2.63 bits per heavy atom. The molecule has 1 fully saturated rings. The molecule has 0 saturated carbocycles. The van der Waals surface area contributed by atoms with Crippen LogP contribution in [-0.4, -0.2) is 53.7 Å². The minimum atomic E-state index is -0.823. The molecule has 10 nitrogen and oxygen atoms in total. The van der Waals surface area contributed by atoms with E-state index in [4.69, 9.17) is 25.8 Å². The van der Waals surface area contributed by atoms with Gasteiger partial charge in [0.15, 0.2) is 11.5 Å². The number of nitrogens with one attached hydrogen (secondary N) is 1. The third-order valence-corrected chi connectivity index (χ3v) is 6.06. The number of carbonyl (C=O) groups excluding carboxylic acids is 1. The summed E-state index contributed by atoms with van der Waals surface area (Å²) in [4.78, 5) is 39.6. The van der Waals surface area contributed by atoms with Crippen molar-refractivity contribution in [3.63, 3.8) is 0 Å². The summed E-state index contributed by atoms with van der Waals surface area (Å²) in [6.07, 6.45) is 1.60. The molecule has 0 spiro atoms. The summed E-state index contributed by atoms with van der Waals surface area (Å²) in [6.45, 7) is 0.729. The van der Waals surface area contributed by atoms with Crippen LogP contribution in [0.15, 0.2) is 52.1 Å². The molecule has 1 aromatic heterocycles. The second kappa shape index (κ2) is 10.7. The van der Waals surface area contributed by atoms with Gasteiger partial charge in [-0.15, -0.1) is 0 Å². The van der Waals surface area contributed by atoms with Gasteiger partial charge in [0.1, 0.15) is 0 Å². The first-order valence-electron chi connectivity index (χ1n) is 11.0. The highest BCUT2D eigenvalue weighted by Crippen LogP contribution is 2.28. The average Bonchev–Trinajstić information content (AvgIpc) is 3.39. The van der Waals surface area contributed by atoms with E-state index < -0.39 is 22.9 Å². The van der Waals surface area contributed by atoms with Crippen LogP contribution in [-0.2, 0) is 11.3 Å². The van der Waals surface area contributed by atoms with Crippen molar-refractivity contribution in [3.8, 4) is 17.2 Å². The van der Waals surface area contributed by atoms with Crippen molar-refractivity contribution >= 4 is 17.5 Å². The number of methoxy groups -OCH3 is 2. The van der Waals surface area contributed by atoms with E-state index in [1.165, 1.54) is 20.3 Å². The fourth-order valence-corrected chi connectivity index (χ4v) is 4.01. The van der Waals surface area contributed by atoms with E-state index in [2.05, 4.69) is 10.4 Å². The first kappa shape index (κ1) is 24.5. The normalized spacial score (nSPS) is 15.1. The highest BCUT2D eigenvalue weighted by atomic mass is 35.5. The molecule has 0 bridgehead atoms. The van der Waals surface area contributed by atoms with Gasteiger partial charge in [0.25, 0.3) is 11.5 Å². The number of hydrogen-bond donors (Lipinski definition) is 1. The molecule has 184 valence electrons. The number of amides is 1. The minimum absolute atomic E-state index is 0.124. The van der Waals surface area contributed by atoms with Gasteiger partial charge in [-0.1, -0.05) is 29.8 Å². The number of carbonyl (C=O) groups is 1. The highest BCUT2D eigenvalue weighted by Gasteiger charge is 2.23. The SMILES string of the molecule is COc1ccc(-n2nc(C(=O)NC[C@H]3CCCO3)c(=O)n(Cc3ccccc3Cl)c2=O)cc1OC. The largest absolute Gasteiger partial charge is 0.493 e. The van der Waals surface area contributed by atoms with Crippen LogP contribution in [0.2, 0.25) is 5.02 Å².